The van der Waals surface area contributed by atoms with Gasteiger partial charge < -0.3 is 0 Å². The van der Waals surface area contributed by atoms with E-state index in [9.17, 15) is 17.2 Å². The van der Waals surface area contributed by atoms with E-state index in [1.807, 2.05) is 0 Å². The third kappa shape index (κ3) is 3.23. The zero-order valence-electron chi connectivity index (χ0n) is 8.45. The lowest BCUT2D eigenvalue weighted by Crippen LogP contribution is -2.27. The Morgan fingerprint density at radius 2 is 2.00 bits per heavy atom. The van der Waals surface area contributed by atoms with Crippen LogP contribution in [0.15, 0.2) is 18.2 Å². The average molecular weight is 314 g/mol. The first kappa shape index (κ1) is 13.5. The van der Waals surface area contributed by atoms with Crippen LogP contribution < -0.4 is 0 Å². The van der Waals surface area contributed by atoms with Crippen molar-refractivity contribution >= 4 is 26.0 Å². The van der Waals surface area contributed by atoms with E-state index in [4.69, 9.17) is 0 Å². The minimum atomic E-state index is -3.43. The smallest absolute Gasteiger partial charge is 0.211 e. The summed E-state index contributed by atoms with van der Waals surface area (Å²) in [5, 5.41) is 0. The van der Waals surface area contributed by atoms with Gasteiger partial charge in [0.2, 0.25) is 10.0 Å². The number of hydrogen-bond donors (Lipinski definition) is 0. The van der Waals surface area contributed by atoms with Crippen molar-refractivity contribution in [3.05, 3.63) is 35.4 Å². The van der Waals surface area contributed by atoms with Crippen LogP contribution in [0.3, 0.4) is 0 Å². The molecule has 0 saturated carbocycles. The first-order valence-corrected chi connectivity index (χ1v) is 7.04. The summed E-state index contributed by atoms with van der Waals surface area (Å²) < 4.78 is 49.3. The molecule has 90 valence electrons. The van der Waals surface area contributed by atoms with Crippen molar-refractivity contribution < 1.29 is 17.2 Å². The summed E-state index contributed by atoms with van der Waals surface area (Å²) in [7, 11) is -2.10. The van der Waals surface area contributed by atoms with Gasteiger partial charge in [0.15, 0.2) is 0 Å². The number of benzene rings is 1. The molecule has 0 aromatic heterocycles. The molecule has 1 aromatic carbocycles. The Labute approximate surface area is 101 Å². The Hall–Kier alpha value is -0.530. The first-order valence-electron chi connectivity index (χ1n) is 4.30. The van der Waals surface area contributed by atoms with Gasteiger partial charge in [-0.15, -0.1) is 0 Å². The lowest BCUT2D eigenvalue weighted by molar-refractivity contribution is 0.458. The topological polar surface area (TPSA) is 37.4 Å². The predicted molar refractivity (Wildman–Crippen MR) is 60.5 cm³/mol. The summed E-state index contributed by atoms with van der Waals surface area (Å²) in [4.78, 5) is 0. The minimum absolute atomic E-state index is 0.125. The highest BCUT2D eigenvalue weighted by atomic mass is 79.9. The Morgan fingerprint density at radius 1 is 1.38 bits per heavy atom. The second-order valence-electron chi connectivity index (χ2n) is 3.21. The van der Waals surface area contributed by atoms with E-state index in [0.29, 0.717) is 0 Å². The Balaban J connectivity index is 2.89. The number of halogens is 3. The molecule has 0 unspecified atom stereocenters. The van der Waals surface area contributed by atoms with Gasteiger partial charge in [0.05, 0.1) is 0 Å². The van der Waals surface area contributed by atoms with Gasteiger partial charge in [-0.3, -0.25) is 0 Å². The molecule has 7 heteroatoms. The molecule has 0 aliphatic heterocycles. The normalized spacial score (nSPS) is 12.1. The first-order chi connectivity index (χ1) is 7.36. The largest absolute Gasteiger partial charge is 0.224 e. The van der Waals surface area contributed by atoms with Crippen molar-refractivity contribution in [1.29, 1.82) is 0 Å². The quantitative estimate of drug-likeness (QED) is 0.798. The van der Waals surface area contributed by atoms with Crippen LogP contribution in [-0.4, -0.2) is 24.4 Å². The monoisotopic (exact) mass is 313 g/mol. The van der Waals surface area contributed by atoms with E-state index in [2.05, 4.69) is 15.9 Å². The molecule has 0 N–H and O–H groups in total. The van der Waals surface area contributed by atoms with Crippen LogP contribution in [0.25, 0.3) is 0 Å². The van der Waals surface area contributed by atoms with Gasteiger partial charge in [0.25, 0.3) is 0 Å². The van der Waals surface area contributed by atoms with E-state index in [1.54, 1.807) is 0 Å². The molecule has 0 aliphatic rings. The van der Waals surface area contributed by atoms with Crippen LogP contribution in [0.1, 0.15) is 5.56 Å². The number of alkyl halides is 1. The summed E-state index contributed by atoms with van der Waals surface area (Å²) in [6.45, 7) is -0.125. The van der Waals surface area contributed by atoms with Crippen LogP contribution in [-0.2, 0) is 16.6 Å². The summed E-state index contributed by atoms with van der Waals surface area (Å²) in [5.74, 6) is -1.44. The SMILES string of the molecule is CN(Cc1ccc(F)cc1F)S(=O)(=O)CBr. The molecular formula is C9H10BrF2NO2S. The fourth-order valence-electron chi connectivity index (χ4n) is 1.07. The highest BCUT2D eigenvalue weighted by molar-refractivity contribution is 9.10. The molecule has 0 saturated heterocycles. The second-order valence-corrected chi connectivity index (χ2v) is 6.59. The van der Waals surface area contributed by atoms with Crippen molar-refractivity contribution in [2.45, 2.75) is 6.54 Å². The molecule has 0 aliphatic carbocycles. The average Bonchev–Trinajstić information content (AvgIpc) is 2.22. The standard InChI is InChI=1S/C9H10BrF2NO2S/c1-13(16(14,15)6-10)5-7-2-3-8(11)4-9(7)12/h2-4H,5-6H2,1H3. The number of rotatable bonds is 4. The molecule has 0 heterocycles. The van der Waals surface area contributed by atoms with Gasteiger partial charge in [-0.05, 0) is 6.07 Å². The lowest BCUT2D eigenvalue weighted by atomic mass is 10.2. The van der Waals surface area contributed by atoms with Gasteiger partial charge in [0, 0.05) is 25.2 Å². The summed E-state index contributed by atoms with van der Waals surface area (Å²) >= 11 is 2.83. The molecule has 1 rings (SSSR count). The van der Waals surface area contributed by atoms with Crippen LogP contribution in [0.4, 0.5) is 8.78 Å². The van der Waals surface area contributed by atoms with Crippen molar-refractivity contribution in [2.75, 3.05) is 11.7 Å². The molecule has 0 bridgehead atoms. The zero-order valence-corrected chi connectivity index (χ0v) is 10.9. The van der Waals surface area contributed by atoms with E-state index < -0.39 is 21.7 Å². The predicted octanol–water partition coefficient (Wildman–Crippen LogP) is 2.08. The number of nitrogens with zero attached hydrogens (tertiary/aromatic N) is 1. The molecule has 0 atom stereocenters. The van der Waals surface area contributed by atoms with Crippen molar-refractivity contribution in [3.8, 4) is 0 Å². The second kappa shape index (κ2) is 5.20. The lowest BCUT2D eigenvalue weighted by Gasteiger charge is -2.15. The fraction of sp³-hybridized carbons (Fsp3) is 0.333. The highest BCUT2D eigenvalue weighted by Crippen LogP contribution is 2.14. The Bertz CT molecular complexity index is 478. The number of sulfonamides is 1. The third-order valence-electron chi connectivity index (χ3n) is 2.02. The van der Waals surface area contributed by atoms with Crippen LogP contribution in [0.5, 0.6) is 0 Å². The van der Waals surface area contributed by atoms with Crippen molar-refractivity contribution in [3.63, 3.8) is 0 Å². The summed E-state index contributed by atoms with van der Waals surface area (Å²) in [6.07, 6.45) is 0. The molecule has 0 amide bonds. The molecule has 1 aromatic rings. The maximum Gasteiger partial charge on any atom is 0.224 e. The van der Waals surface area contributed by atoms with E-state index in [1.165, 1.54) is 13.1 Å². The van der Waals surface area contributed by atoms with Crippen LogP contribution in [0.2, 0.25) is 0 Å². The molecule has 0 spiro atoms. The van der Waals surface area contributed by atoms with Crippen LogP contribution in [0, 0.1) is 11.6 Å². The van der Waals surface area contributed by atoms with Gasteiger partial charge in [-0.2, -0.15) is 4.31 Å². The van der Waals surface area contributed by atoms with E-state index in [-0.39, 0.29) is 16.8 Å². The van der Waals surface area contributed by atoms with Crippen molar-refractivity contribution in [1.82, 2.24) is 4.31 Å². The number of hydrogen-bond acceptors (Lipinski definition) is 2. The summed E-state index contributed by atoms with van der Waals surface area (Å²) in [6, 6.07) is 3.04. The van der Waals surface area contributed by atoms with Gasteiger partial charge in [-0.25, -0.2) is 17.2 Å². The fourth-order valence-corrected chi connectivity index (χ4v) is 2.62. The maximum atomic E-state index is 13.2. The maximum absolute atomic E-state index is 13.2. The van der Waals surface area contributed by atoms with E-state index >= 15 is 0 Å². The molecule has 0 radical (unpaired) electrons. The Kier molecular flexibility index (Phi) is 4.40. The molecule has 3 nitrogen and oxygen atoms in total. The van der Waals surface area contributed by atoms with Gasteiger partial charge >= 0.3 is 0 Å². The minimum Gasteiger partial charge on any atom is -0.211 e. The van der Waals surface area contributed by atoms with Gasteiger partial charge in [0.1, 0.15) is 16.3 Å². The molecule has 0 fully saturated rings. The van der Waals surface area contributed by atoms with Gasteiger partial charge in [-0.1, -0.05) is 22.0 Å². The van der Waals surface area contributed by atoms with Crippen molar-refractivity contribution in [2.24, 2.45) is 0 Å². The molecular weight excluding hydrogens is 304 g/mol. The highest BCUT2D eigenvalue weighted by Gasteiger charge is 2.17. The summed E-state index contributed by atoms with van der Waals surface area (Å²) in [5.41, 5.74) is 0.133. The zero-order chi connectivity index (χ0) is 12.3. The van der Waals surface area contributed by atoms with Crippen LogP contribution >= 0.6 is 15.9 Å². The Morgan fingerprint density at radius 3 is 2.50 bits per heavy atom. The van der Waals surface area contributed by atoms with E-state index in [0.717, 1.165) is 16.4 Å². The molecule has 16 heavy (non-hydrogen) atoms. The third-order valence-corrected chi connectivity index (χ3v) is 5.11.